The van der Waals surface area contributed by atoms with E-state index in [2.05, 4.69) is 26.0 Å². The van der Waals surface area contributed by atoms with E-state index in [-0.39, 0.29) is 12.5 Å². The number of para-hydroxylation sites is 1. The number of ether oxygens (including phenoxy) is 2. The van der Waals surface area contributed by atoms with Crippen molar-refractivity contribution in [3.8, 4) is 5.75 Å². The van der Waals surface area contributed by atoms with Gasteiger partial charge in [0.05, 0.1) is 12.7 Å². The van der Waals surface area contributed by atoms with Gasteiger partial charge in [-0.2, -0.15) is 0 Å². The van der Waals surface area contributed by atoms with Crippen molar-refractivity contribution in [2.75, 3.05) is 19.0 Å². The number of esters is 1. The predicted octanol–water partition coefficient (Wildman–Crippen LogP) is 3.25. The van der Waals surface area contributed by atoms with E-state index in [0.29, 0.717) is 21.5 Å². The van der Waals surface area contributed by atoms with Gasteiger partial charge in [-0.15, -0.1) is 0 Å². The molecule has 0 radical (unpaired) electrons. The zero-order valence-corrected chi connectivity index (χ0v) is 13.4. The lowest BCUT2D eigenvalue weighted by atomic mass is 10.2. The standard InChI is InChI=1S/C16H14BrNO4/c1-21-16(20)11-7-12(17)9-13(8-11)18-15(19)10-22-14-5-3-2-4-6-14/h2-9H,10H2,1H3,(H,18,19). The molecular weight excluding hydrogens is 350 g/mol. The fourth-order valence-electron chi connectivity index (χ4n) is 1.76. The van der Waals surface area contributed by atoms with Crippen LogP contribution < -0.4 is 10.1 Å². The van der Waals surface area contributed by atoms with Crippen LogP contribution in [0.2, 0.25) is 0 Å². The summed E-state index contributed by atoms with van der Waals surface area (Å²) in [5, 5.41) is 2.67. The second-order valence-corrected chi connectivity index (χ2v) is 5.29. The minimum absolute atomic E-state index is 0.121. The molecule has 5 nitrogen and oxygen atoms in total. The van der Waals surface area contributed by atoms with Crippen molar-refractivity contribution in [2.24, 2.45) is 0 Å². The van der Waals surface area contributed by atoms with Gasteiger partial charge in [0, 0.05) is 10.2 Å². The number of amides is 1. The maximum absolute atomic E-state index is 11.9. The van der Waals surface area contributed by atoms with Crippen molar-refractivity contribution in [3.63, 3.8) is 0 Å². The first kappa shape index (κ1) is 16.0. The van der Waals surface area contributed by atoms with Crippen LogP contribution in [0.4, 0.5) is 5.69 Å². The summed E-state index contributed by atoms with van der Waals surface area (Å²) in [6, 6.07) is 13.9. The molecule has 0 saturated carbocycles. The number of methoxy groups -OCH3 is 1. The molecule has 2 aromatic rings. The lowest BCUT2D eigenvalue weighted by Crippen LogP contribution is -2.20. The SMILES string of the molecule is COC(=O)c1cc(Br)cc(NC(=O)COc2ccccc2)c1. The Morgan fingerprint density at radius 2 is 1.86 bits per heavy atom. The maximum atomic E-state index is 11.9. The maximum Gasteiger partial charge on any atom is 0.337 e. The first-order valence-corrected chi connectivity index (χ1v) is 7.24. The van der Waals surface area contributed by atoms with Crippen molar-refractivity contribution in [3.05, 3.63) is 58.6 Å². The number of benzene rings is 2. The first-order valence-electron chi connectivity index (χ1n) is 6.45. The van der Waals surface area contributed by atoms with Crippen LogP contribution in [0, 0.1) is 0 Å². The molecule has 0 saturated heterocycles. The van der Waals surface area contributed by atoms with Crippen LogP contribution in [0.3, 0.4) is 0 Å². The smallest absolute Gasteiger partial charge is 0.337 e. The number of anilines is 1. The Labute approximate surface area is 136 Å². The quantitative estimate of drug-likeness (QED) is 0.828. The molecule has 2 aromatic carbocycles. The van der Waals surface area contributed by atoms with Gasteiger partial charge in [0.1, 0.15) is 5.75 Å². The Bertz CT molecular complexity index is 673. The number of rotatable bonds is 5. The second kappa shape index (κ2) is 7.61. The molecule has 0 atom stereocenters. The van der Waals surface area contributed by atoms with Gasteiger partial charge in [-0.25, -0.2) is 4.79 Å². The number of halogens is 1. The van der Waals surface area contributed by atoms with Crippen molar-refractivity contribution in [2.45, 2.75) is 0 Å². The Morgan fingerprint density at radius 1 is 1.14 bits per heavy atom. The number of carbonyl (C=O) groups is 2. The molecular formula is C16H14BrNO4. The van der Waals surface area contributed by atoms with Gasteiger partial charge < -0.3 is 14.8 Å². The van der Waals surface area contributed by atoms with E-state index in [9.17, 15) is 9.59 Å². The Kier molecular flexibility index (Phi) is 5.55. The molecule has 0 aliphatic carbocycles. The highest BCUT2D eigenvalue weighted by atomic mass is 79.9. The van der Waals surface area contributed by atoms with Crippen molar-refractivity contribution >= 4 is 33.5 Å². The van der Waals surface area contributed by atoms with Crippen LogP contribution in [0.25, 0.3) is 0 Å². The van der Waals surface area contributed by atoms with Crippen LogP contribution >= 0.6 is 15.9 Å². The van der Waals surface area contributed by atoms with E-state index in [0.717, 1.165) is 0 Å². The molecule has 0 aliphatic heterocycles. The summed E-state index contributed by atoms with van der Waals surface area (Å²) in [5.41, 5.74) is 0.826. The van der Waals surface area contributed by atoms with Gasteiger partial charge in [-0.3, -0.25) is 4.79 Å². The van der Waals surface area contributed by atoms with Crippen LogP contribution in [0.1, 0.15) is 10.4 Å². The molecule has 22 heavy (non-hydrogen) atoms. The molecule has 0 unspecified atom stereocenters. The molecule has 0 aliphatic rings. The van der Waals surface area contributed by atoms with E-state index >= 15 is 0 Å². The van der Waals surface area contributed by atoms with E-state index in [4.69, 9.17) is 4.74 Å². The van der Waals surface area contributed by atoms with Crippen LogP contribution in [0.5, 0.6) is 5.75 Å². The Morgan fingerprint density at radius 3 is 2.55 bits per heavy atom. The lowest BCUT2D eigenvalue weighted by Gasteiger charge is -2.09. The summed E-state index contributed by atoms with van der Waals surface area (Å²) in [7, 11) is 1.30. The van der Waals surface area contributed by atoms with Gasteiger partial charge >= 0.3 is 5.97 Å². The van der Waals surface area contributed by atoms with Gasteiger partial charge in [0.25, 0.3) is 5.91 Å². The molecule has 0 heterocycles. The highest BCUT2D eigenvalue weighted by molar-refractivity contribution is 9.10. The number of hydrogen-bond acceptors (Lipinski definition) is 4. The molecule has 0 aromatic heterocycles. The highest BCUT2D eigenvalue weighted by Gasteiger charge is 2.10. The normalized spacial score (nSPS) is 9.91. The summed E-state index contributed by atoms with van der Waals surface area (Å²) in [4.78, 5) is 23.4. The van der Waals surface area contributed by atoms with Crippen molar-refractivity contribution in [1.29, 1.82) is 0 Å². The molecule has 1 amide bonds. The summed E-state index contributed by atoms with van der Waals surface area (Å²) in [5.74, 6) is -0.183. The van der Waals surface area contributed by atoms with Crippen LogP contribution in [0.15, 0.2) is 53.0 Å². The summed E-state index contributed by atoms with van der Waals surface area (Å²) in [6.07, 6.45) is 0. The third-order valence-electron chi connectivity index (χ3n) is 2.72. The average molecular weight is 364 g/mol. The Balaban J connectivity index is 1.99. The van der Waals surface area contributed by atoms with Gasteiger partial charge in [-0.1, -0.05) is 34.1 Å². The largest absolute Gasteiger partial charge is 0.484 e. The molecule has 0 bridgehead atoms. The van der Waals surface area contributed by atoms with Gasteiger partial charge in [-0.05, 0) is 30.3 Å². The van der Waals surface area contributed by atoms with Crippen molar-refractivity contribution in [1.82, 2.24) is 0 Å². The lowest BCUT2D eigenvalue weighted by molar-refractivity contribution is -0.118. The predicted molar refractivity (Wildman–Crippen MR) is 86.0 cm³/mol. The summed E-state index contributed by atoms with van der Waals surface area (Å²) < 4.78 is 10.7. The van der Waals surface area contributed by atoms with E-state index in [1.165, 1.54) is 13.2 Å². The third kappa shape index (κ3) is 4.60. The molecule has 0 fully saturated rings. The molecule has 1 N–H and O–H groups in total. The Hall–Kier alpha value is -2.34. The fourth-order valence-corrected chi connectivity index (χ4v) is 2.25. The number of hydrogen-bond donors (Lipinski definition) is 1. The van der Waals surface area contributed by atoms with E-state index < -0.39 is 5.97 Å². The molecule has 2 rings (SSSR count). The van der Waals surface area contributed by atoms with Crippen LogP contribution in [-0.2, 0) is 9.53 Å². The van der Waals surface area contributed by atoms with Gasteiger partial charge in [0.15, 0.2) is 6.61 Å². The average Bonchev–Trinajstić information content (AvgIpc) is 2.52. The molecule has 6 heteroatoms. The topological polar surface area (TPSA) is 64.6 Å². The number of nitrogens with one attached hydrogen (secondary N) is 1. The highest BCUT2D eigenvalue weighted by Crippen LogP contribution is 2.20. The van der Waals surface area contributed by atoms with Crippen molar-refractivity contribution < 1.29 is 19.1 Å². The third-order valence-corrected chi connectivity index (χ3v) is 3.17. The molecule has 0 spiro atoms. The first-order chi connectivity index (χ1) is 10.6. The minimum atomic E-state index is -0.475. The molecule has 114 valence electrons. The van der Waals surface area contributed by atoms with Crippen LogP contribution in [-0.4, -0.2) is 25.6 Å². The monoisotopic (exact) mass is 363 g/mol. The number of carbonyl (C=O) groups excluding carboxylic acids is 2. The zero-order valence-electron chi connectivity index (χ0n) is 11.8. The second-order valence-electron chi connectivity index (χ2n) is 4.37. The fraction of sp³-hybridized carbons (Fsp3) is 0.125. The summed E-state index contributed by atoms with van der Waals surface area (Å²) >= 11 is 3.29. The summed E-state index contributed by atoms with van der Waals surface area (Å²) in [6.45, 7) is -0.121. The minimum Gasteiger partial charge on any atom is -0.484 e. The van der Waals surface area contributed by atoms with E-state index in [1.807, 2.05) is 18.2 Å². The zero-order chi connectivity index (χ0) is 15.9. The van der Waals surface area contributed by atoms with Gasteiger partial charge in [0.2, 0.25) is 0 Å². The van der Waals surface area contributed by atoms with E-state index in [1.54, 1.807) is 24.3 Å².